The van der Waals surface area contributed by atoms with Crippen LogP contribution in [0.5, 0.6) is 17.4 Å². The number of anilines is 1. The fourth-order valence-corrected chi connectivity index (χ4v) is 28.2. The van der Waals surface area contributed by atoms with E-state index in [1.807, 2.05) is 0 Å². The maximum absolute atomic E-state index is 14.8. The van der Waals surface area contributed by atoms with E-state index in [2.05, 4.69) is 56.5 Å². The summed E-state index contributed by atoms with van der Waals surface area (Å²) in [5, 5.41) is 20.9. The van der Waals surface area contributed by atoms with Crippen LogP contribution in [-0.2, 0) is 87.3 Å². The largest absolute Gasteiger partial charge is 0.508 e. The van der Waals surface area contributed by atoms with Crippen molar-refractivity contribution in [2.24, 2.45) is 42.2 Å². The number of rotatable bonds is 8. The van der Waals surface area contributed by atoms with Gasteiger partial charge in [-0.05, 0) is 229 Å². The highest BCUT2D eigenvalue weighted by Crippen LogP contribution is 2.56. The number of carbonyl (C=O) groups excluding carboxylic acids is 2. The Hall–Kier alpha value is -10.9. The summed E-state index contributed by atoms with van der Waals surface area (Å²) in [6.07, 6.45) is 5.77. The lowest BCUT2D eigenvalue weighted by atomic mass is 9.87. The number of nitrogens with zero attached hydrogens (tertiary/aromatic N) is 12. The average Bonchev–Trinajstić information content (AvgIpc) is 1.57. The Morgan fingerprint density at radius 3 is 1.17 bits per heavy atom. The molecule has 131 heavy (non-hydrogen) atoms. The second-order valence-corrected chi connectivity index (χ2v) is 45.8. The predicted molar refractivity (Wildman–Crippen MR) is 490 cm³/mol. The van der Waals surface area contributed by atoms with Crippen LogP contribution in [0.25, 0.3) is 0 Å². The number of aliphatic imine (C=N–C) groups is 5. The molecule has 6 aromatic rings. The summed E-state index contributed by atoms with van der Waals surface area (Å²) in [5.74, 6) is -4.96. The SMILES string of the molecule is C.C.C.CN1C(N)=N[C@@]2(c3cc(Br)ccc3F)CCC[C@H]2S1(=O)=O.CN1C(N)=N[C@@]2(c3cc(O)ccc3F)CCC[C@H]2S1(=O)=O.CN1C(N)=N[C@@]2(c3cc(Oc4ncccc4F)ccc3F)CCC[C@H]2S1(=O)=O.CN1C(NC(=O)OC(C)(C)C)=N[C@@]2(c3cc(N)ccc3F)CCC[C@H]2S1(=O)=O.CN1C(NC(=O)OC(C)(C)C)=N[C@@]2(c3cc([N+](=O)[O-])ccc3F)CCC[C@H]2S1(=O)=O.[3HH].[3H][3H]. The second kappa shape index (κ2) is 37.7. The minimum Gasteiger partial charge on any atom is -0.508 e. The fourth-order valence-electron chi connectivity index (χ4n) is 18.1. The minimum absolute atomic E-state index is 0. The molecule has 5 saturated carbocycles. The zero-order valence-corrected chi connectivity index (χ0v) is 76.8. The number of sulfonamides is 5. The first-order valence-corrected chi connectivity index (χ1v) is 48.5. The number of hydrogen-bond donors (Lipinski definition) is 7. The molecule has 722 valence electrons. The number of carbonyl (C=O) groups is 2. The molecule has 10 aliphatic rings. The highest BCUT2D eigenvalue weighted by Gasteiger charge is 2.63. The number of phenols is 1. The van der Waals surface area contributed by atoms with Crippen molar-refractivity contribution in [1.29, 1.82) is 0 Å². The molecule has 5 aliphatic heterocycles. The molecule has 6 heterocycles. The summed E-state index contributed by atoms with van der Waals surface area (Å²) >= 11 is 3.31. The lowest BCUT2D eigenvalue weighted by Crippen LogP contribution is -2.57. The number of nitrogens with two attached hydrogens (primary N) is 4. The normalized spacial score (nSPS) is 26.9. The van der Waals surface area contributed by atoms with Crippen molar-refractivity contribution in [2.75, 3.05) is 41.0 Å². The van der Waals surface area contributed by atoms with Crippen LogP contribution in [0.1, 0.15) is 192 Å². The highest BCUT2D eigenvalue weighted by atomic mass is 79.9. The van der Waals surface area contributed by atoms with Gasteiger partial charge in [-0.25, -0.2) is 129 Å². The number of halogens is 7. The summed E-state index contributed by atoms with van der Waals surface area (Å²) in [5.41, 5.74) is 15.2. The van der Waals surface area contributed by atoms with Gasteiger partial charge in [-0.2, -0.15) is 0 Å². The van der Waals surface area contributed by atoms with Crippen LogP contribution < -0.4 is 38.3 Å². The Kier molecular flexibility index (Phi) is 29.4. The van der Waals surface area contributed by atoms with Gasteiger partial charge in [0.2, 0.25) is 79.9 Å². The molecule has 2 amide bonds. The monoisotopic (exact) mass is 2010 g/mol. The second-order valence-electron chi connectivity index (χ2n) is 34.1. The molecule has 10 atom stereocenters. The van der Waals surface area contributed by atoms with Crippen LogP contribution in [0.15, 0.2) is 139 Å². The Balaban J connectivity index is 0.000000227. The first-order valence-electron chi connectivity index (χ1n) is 41.2. The number of guanidine groups is 5. The number of nitro groups is 1. The number of benzene rings is 5. The van der Waals surface area contributed by atoms with Crippen molar-refractivity contribution in [1.82, 2.24) is 37.1 Å². The molecule has 5 aliphatic carbocycles. The van der Waals surface area contributed by atoms with Crippen LogP contribution >= 0.6 is 15.9 Å². The van der Waals surface area contributed by atoms with Crippen LogP contribution in [0.4, 0.5) is 47.3 Å². The number of aromatic nitrogens is 1. The number of pyridine rings is 1. The summed E-state index contributed by atoms with van der Waals surface area (Å²) < 4.78 is 247. The molecule has 5 fully saturated rings. The van der Waals surface area contributed by atoms with Gasteiger partial charge in [0.05, 0.1) is 4.92 Å². The van der Waals surface area contributed by atoms with Crippen molar-refractivity contribution < 1.29 is 107 Å². The van der Waals surface area contributed by atoms with Crippen molar-refractivity contribution in [2.45, 2.75) is 225 Å². The minimum atomic E-state index is -4.04. The number of aromatic hydroxyl groups is 1. The van der Waals surface area contributed by atoms with E-state index in [0.717, 1.165) is 51.9 Å². The van der Waals surface area contributed by atoms with Crippen LogP contribution in [0, 0.1) is 45.0 Å². The van der Waals surface area contributed by atoms with Gasteiger partial charge < -0.3 is 42.3 Å². The Morgan fingerprint density at radius 1 is 0.473 bits per heavy atom. The van der Waals surface area contributed by atoms with Crippen molar-refractivity contribution >= 4 is 119 Å². The van der Waals surface area contributed by atoms with E-state index in [4.69, 9.17) is 40.1 Å². The number of nitro benzene ring substituents is 1. The van der Waals surface area contributed by atoms with Crippen molar-refractivity contribution in [3.8, 4) is 17.4 Å². The highest BCUT2D eigenvalue weighted by molar-refractivity contribution is 9.10. The van der Waals surface area contributed by atoms with E-state index in [1.54, 1.807) is 53.7 Å². The first kappa shape index (κ1) is 102. The van der Waals surface area contributed by atoms with Crippen LogP contribution in [0.3, 0.4) is 0 Å². The summed E-state index contributed by atoms with van der Waals surface area (Å²) in [7, 11) is -12.4. The van der Waals surface area contributed by atoms with E-state index in [-0.39, 0.29) is 112 Å². The zero-order valence-electron chi connectivity index (χ0n) is 73.1. The Morgan fingerprint density at radius 2 is 0.794 bits per heavy atom. The lowest BCUT2D eigenvalue weighted by molar-refractivity contribution is -0.385. The average molecular weight is 2010 g/mol. The molecule has 5 aromatic carbocycles. The van der Waals surface area contributed by atoms with E-state index < -0.39 is 167 Å². The molecule has 0 radical (unpaired) electrons. The number of amides is 2. The van der Waals surface area contributed by atoms with E-state index >= 15 is 0 Å². The van der Waals surface area contributed by atoms with Crippen molar-refractivity contribution in [3.05, 3.63) is 187 Å². The molecule has 1 aromatic heterocycles. The van der Waals surface area contributed by atoms with Gasteiger partial charge >= 0.3 is 12.2 Å². The molecular formula is C83H113BrF6N18O18S5. The van der Waals surface area contributed by atoms with Gasteiger partial charge in [0.1, 0.15) is 106 Å². The number of non-ortho nitro benzene ring substituents is 1. The molecule has 0 bridgehead atoms. The number of hydrogen-bond acceptors (Lipinski definition) is 28. The summed E-state index contributed by atoms with van der Waals surface area (Å²) in [6, 6.07) is 21.5. The predicted octanol–water partition coefficient (Wildman–Crippen LogP) is 12.6. The van der Waals surface area contributed by atoms with Gasteiger partial charge in [0, 0.05) is 95.9 Å². The summed E-state index contributed by atoms with van der Waals surface area (Å²) in [6.45, 7) is 9.99. The molecule has 11 N–H and O–H groups in total. The number of fused-ring (bicyclic) bond motifs is 5. The van der Waals surface area contributed by atoms with Crippen molar-refractivity contribution in [3.63, 3.8) is 0 Å². The van der Waals surface area contributed by atoms with Gasteiger partial charge in [-0.3, -0.25) is 20.7 Å². The van der Waals surface area contributed by atoms with Gasteiger partial charge in [-0.15, -0.1) is 0 Å². The number of nitrogen functional groups attached to an aromatic ring is 1. The standard InChI is InChI=1S/C18H18F2N4O3S.C18H23FN4O6S.C18H25FN4O4S.C13H15BrFN3O2S.C13H16FN3O3S.3CH4.2H2/c1-24-17(21)23-18(8-2-5-15(18)28(24,25)26)12-10-11(6-7-13(12)19)27-16-14(20)4-3-9-22-16;1-17(2,3)29-16(24)20-15-21-18(9-5-6-14(18)30(27,28)22(15)4)12-10-11(23(25)26)7-8-13(12)19;1-17(2,3)27-16(24)21-15-22-18(12-10-11(20)7-8-13(12)19)9-5-6-14(18)28(25,26)23(15)4;1-18-12(16)17-13(6-2-3-11(13)21(18,19)20)9-7-8(14)4-5-10(9)15;1-17-12(15)16-13(6-2-3-11(13)21(17,19)20)9-7-8(18)4-5-10(9)14;;;;;/h3-4,6-7,9-10,15H,2,5,8H2,1H3,(H2,21,23);7-8,10,14H,5-6,9H2,1-4H3,(H,20,21,24);7-8,10,14H,5-6,9,20H2,1-4H3,(H,21,22,24);4-5,7,11H,2-3,6H2,1H3,(H2,16,17);4-5,7,11,18H,2-3,6H2,1H3,(H2,15,16);3*1H4;2*1H/t15-,18-;2*14-,18-;2*11-,13-;;;;;/m11111...../s1/i;;;;;;;;1+2T;1+2. The zero-order chi connectivity index (χ0) is 96.3. The van der Waals surface area contributed by atoms with Crippen LogP contribution in [0.2, 0.25) is 0 Å². The lowest BCUT2D eigenvalue weighted by Gasteiger charge is -2.40. The molecule has 0 spiro atoms. The maximum atomic E-state index is 14.8. The molecule has 36 nitrogen and oxygen atoms in total. The first-order chi connectivity index (χ1) is 60.5. The van der Waals surface area contributed by atoms with Gasteiger partial charge in [-0.1, -0.05) is 38.2 Å². The third-order valence-electron chi connectivity index (χ3n) is 24.1. The smallest absolute Gasteiger partial charge is 0.414 e. The molecule has 16 rings (SSSR count). The molecule has 0 unspecified atom stereocenters. The Bertz CT molecular complexity index is 6140. The number of nitrogens with one attached hydrogen (secondary N) is 2. The number of phenolic OH excluding ortho intramolecular Hbond substituents is 1. The quantitative estimate of drug-likeness (QED) is 0.0322. The third kappa shape index (κ3) is 19.3. The Labute approximate surface area is 771 Å². The van der Waals surface area contributed by atoms with Gasteiger partial charge in [0.25, 0.3) is 11.6 Å². The topological polar surface area (TPSA) is 515 Å². The van der Waals surface area contributed by atoms with Gasteiger partial charge in [0.15, 0.2) is 5.82 Å². The van der Waals surface area contributed by atoms with E-state index in [9.17, 15) is 93.2 Å². The number of alkyl carbamates (subject to hydrolysis) is 2. The fraction of sp³-hybridized carbons (Fsp3) is 0.494. The summed E-state index contributed by atoms with van der Waals surface area (Å²) in [4.78, 5) is 60.9. The number of ether oxygens (including phenoxy) is 3. The molecular weight excluding hydrogens is 1890 g/mol. The molecule has 0 saturated heterocycles. The maximum Gasteiger partial charge on any atom is 0.414 e. The van der Waals surface area contributed by atoms with E-state index in [1.165, 1.54) is 102 Å². The molecule has 48 heteroatoms. The third-order valence-corrected chi connectivity index (χ3v) is 36.0. The van der Waals surface area contributed by atoms with Crippen LogP contribution in [-0.4, -0.2) is 193 Å². The van der Waals surface area contributed by atoms with E-state index in [0.29, 0.717) is 99.2 Å².